The second-order valence-corrected chi connectivity index (χ2v) is 5.72. The molecule has 1 aromatic heterocycles. The summed E-state index contributed by atoms with van der Waals surface area (Å²) in [7, 11) is 3.16. The van der Waals surface area contributed by atoms with Crippen molar-refractivity contribution in [2.45, 2.75) is 13.0 Å². The van der Waals surface area contributed by atoms with Crippen LogP contribution >= 0.6 is 0 Å². The number of rotatable bonds is 5. The number of aromatic amines is 1. The van der Waals surface area contributed by atoms with Gasteiger partial charge in [-0.1, -0.05) is 0 Å². The third-order valence-corrected chi connectivity index (χ3v) is 4.08. The predicted octanol–water partition coefficient (Wildman–Crippen LogP) is 3.82. The summed E-state index contributed by atoms with van der Waals surface area (Å²) in [6, 6.07) is 11.1. The summed E-state index contributed by atoms with van der Waals surface area (Å²) in [6.07, 6.45) is 0. The van der Waals surface area contributed by atoms with Gasteiger partial charge < -0.3 is 19.8 Å². The van der Waals surface area contributed by atoms with Gasteiger partial charge in [-0.15, -0.1) is 0 Å². The van der Waals surface area contributed by atoms with E-state index in [2.05, 4.69) is 10.3 Å². The van der Waals surface area contributed by atoms with Crippen molar-refractivity contribution in [3.8, 4) is 11.5 Å². The van der Waals surface area contributed by atoms with E-state index in [4.69, 9.17) is 9.47 Å². The van der Waals surface area contributed by atoms with Crippen LogP contribution in [0.25, 0.3) is 10.9 Å². The Morgan fingerprint density at radius 2 is 1.92 bits per heavy atom. The molecule has 0 aliphatic rings. The molecule has 1 unspecified atom stereocenters. The van der Waals surface area contributed by atoms with Gasteiger partial charge in [0.15, 0.2) is 0 Å². The smallest absolute Gasteiger partial charge is 0.268 e. The number of hydrogen-bond acceptors (Lipinski definition) is 3. The molecule has 0 fully saturated rings. The number of methoxy groups -OCH3 is 2. The molecule has 3 aromatic rings. The number of nitrogens with one attached hydrogen (secondary N) is 2. The minimum atomic E-state index is -0.340. The lowest BCUT2D eigenvalue weighted by atomic mass is 10.1. The topological polar surface area (TPSA) is 63.4 Å². The van der Waals surface area contributed by atoms with E-state index in [9.17, 15) is 9.18 Å². The molecular formula is C19H19FN2O3. The maximum Gasteiger partial charge on any atom is 0.268 e. The zero-order valence-corrected chi connectivity index (χ0v) is 14.2. The number of hydrogen-bond donors (Lipinski definition) is 2. The molecule has 0 spiro atoms. The SMILES string of the molecule is COc1ccc(OC)c(C(C)NC(=O)c2cc3cc(F)ccc3[nH]2)c1. The Balaban J connectivity index is 1.84. The highest BCUT2D eigenvalue weighted by molar-refractivity contribution is 5.98. The molecule has 0 aliphatic carbocycles. The van der Waals surface area contributed by atoms with Crippen molar-refractivity contribution in [2.75, 3.05) is 14.2 Å². The fraction of sp³-hybridized carbons (Fsp3) is 0.211. The van der Waals surface area contributed by atoms with Crippen molar-refractivity contribution < 1.29 is 18.7 Å². The minimum absolute atomic E-state index is 0.283. The number of ether oxygens (including phenoxy) is 2. The van der Waals surface area contributed by atoms with Crippen molar-refractivity contribution in [3.05, 3.63) is 59.5 Å². The molecule has 1 amide bonds. The highest BCUT2D eigenvalue weighted by Crippen LogP contribution is 2.29. The summed E-state index contributed by atoms with van der Waals surface area (Å²) in [5.74, 6) is 0.715. The Morgan fingerprint density at radius 1 is 1.12 bits per heavy atom. The number of fused-ring (bicyclic) bond motifs is 1. The molecule has 0 saturated carbocycles. The van der Waals surface area contributed by atoms with Crippen LogP contribution in [0.2, 0.25) is 0 Å². The van der Waals surface area contributed by atoms with Crippen molar-refractivity contribution in [3.63, 3.8) is 0 Å². The van der Waals surface area contributed by atoms with Crippen LogP contribution in [0, 0.1) is 5.82 Å². The first kappa shape index (κ1) is 16.8. The van der Waals surface area contributed by atoms with Crippen LogP contribution in [0.4, 0.5) is 4.39 Å². The molecule has 2 aromatic carbocycles. The quantitative estimate of drug-likeness (QED) is 0.741. The number of halogens is 1. The standard InChI is InChI=1S/C19H19FN2O3/c1-11(15-10-14(24-2)5-7-18(15)25-3)21-19(23)17-9-12-8-13(20)4-6-16(12)22-17/h4-11,22H,1-3H3,(H,21,23). The summed E-state index contributed by atoms with van der Waals surface area (Å²) in [5.41, 5.74) is 1.88. The second-order valence-electron chi connectivity index (χ2n) is 5.72. The number of amides is 1. The van der Waals surface area contributed by atoms with Gasteiger partial charge in [-0.05, 0) is 49.4 Å². The molecule has 5 nitrogen and oxygen atoms in total. The van der Waals surface area contributed by atoms with E-state index in [1.165, 1.54) is 12.1 Å². The molecule has 1 atom stereocenters. The number of aromatic nitrogens is 1. The third kappa shape index (κ3) is 3.42. The van der Waals surface area contributed by atoms with Gasteiger partial charge in [-0.25, -0.2) is 4.39 Å². The van der Waals surface area contributed by atoms with Crippen molar-refractivity contribution >= 4 is 16.8 Å². The van der Waals surface area contributed by atoms with Gasteiger partial charge in [0, 0.05) is 16.5 Å². The number of carbonyl (C=O) groups is 1. The lowest BCUT2D eigenvalue weighted by Crippen LogP contribution is -2.27. The molecule has 2 N–H and O–H groups in total. The third-order valence-electron chi connectivity index (χ3n) is 4.08. The maximum atomic E-state index is 13.3. The zero-order valence-electron chi connectivity index (χ0n) is 14.2. The lowest BCUT2D eigenvalue weighted by Gasteiger charge is -2.18. The van der Waals surface area contributed by atoms with Crippen LogP contribution in [0.15, 0.2) is 42.5 Å². The highest BCUT2D eigenvalue weighted by Gasteiger charge is 2.17. The molecule has 25 heavy (non-hydrogen) atoms. The van der Waals surface area contributed by atoms with Crippen LogP contribution in [0.1, 0.15) is 29.0 Å². The van der Waals surface area contributed by atoms with Gasteiger partial charge in [-0.3, -0.25) is 4.79 Å². The molecule has 0 saturated heterocycles. The largest absolute Gasteiger partial charge is 0.497 e. The van der Waals surface area contributed by atoms with Gasteiger partial charge >= 0.3 is 0 Å². The summed E-state index contributed by atoms with van der Waals surface area (Å²) in [5, 5.41) is 3.56. The van der Waals surface area contributed by atoms with Gasteiger partial charge in [0.1, 0.15) is 23.0 Å². The Bertz CT molecular complexity index is 920. The Hall–Kier alpha value is -3.02. The second kappa shape index (κ2) is 6.84. The lowest BCUT2D eigenvalue weighted by molar-refractivity contribution is 0.0935. The molecule has 3 rings (SSSR count). The van der Waals surface area contributed by atoms with E-state index in [1.54, 1.807) is 38.5 Å². The van der Waals surface area contributed by atoms with Gasteiger partial charge in [-0.2, -0.15) is 0 Å². The molecule has 0 bridgehead atoms. The van der Waals surface area contributed by atoms with Crippen molar-refractivity contribution in [1.82, 2.24) is 10.3 Å². The van der Waals surface area contributed by atoms with Crippen molar-refractivity contribution in [1.29, 1.82) is 0 Å². The summed E-state index contributed by atoms with van der Waals surface area (Å²) >= 11 is 0. The fourth-order valence-electron chi connectivity index (χ4n) is 2.76. The van der Waals surface area contributed by atoms with Crippen LogP contribution in [-0.4, -0.2) is 25.1 Å². The van der Waals surface area contributed by atoms with E-state index in [1.807, 2.05) is 13.0 Å². The Labute approximate surface area is 144 Å². The molecule has 1 heterocycles. The number of benzene rings is 2. The monoisotopic (exact) mass is 342 g/mol. The molecule has 0 aliphatic heterocycles. The normalized spacial score (nSPS) is 12.0. The first-order chi connectivity index (χ1) is 12.0. The van der Waals surface area contributed by atoms with E-state index < -0.39 is 0 Å². The first-order valence-corrected chi connectivity index (χ1v) is 7.83. The first-order valence-electron chi connectivity index (χ1n) is 7.83. The van der Waals surface area contributed by atoms with Gasteiger partial charge in [0.2, 0.25) is 0 Å². The Kier molecular flexibility index (Phi) is 4.61. The average Bonchev–Trinajstić information content (AvgIpc) is 3.04. The summed E-state index contributed by atoms with van der Waals surface area (Å²) < 4.78 is 23.9. The van der Waals surface area contributed by atoms with Crippen molar-refractivity contribution in [2.24, 2.45) is 0 Å². The van der Waals surface area contributed by atoms with Crippen LogP contribution < -0.4 is 14.8 Å². The summed E-state index contributed by atoms with van der Waals surface area (Å²) in [4.78, 5) is 15.5. The minimum Gasteiger partial charge on any atom is -0.497 e. The molecule has 130 valence electrons. The molecule has 0 radical (unpaired) electrons. The molecule has 6 heteroatoms. The zero-order chi connectivity index (χ0) is 18.0. The van der Waals surface area contributed by atoms with E-state index >= 15 is 0 Å². The van der Waals surface area contributed by atoms with E-state index in [0.29, 0.717) is 28.1 Å². The number of H-pyrrole nitrogens is 1. The van der Waals surface area contributed by atoms with Gasteiger partial charge in [0.25, 0.3) is 5.91 Å². The van der Waals surface area contributed by atoms with E-state index in [0.717, 1.165) is 5.56 Å². The van der Waals surface area contributed by atoms with Gasteiger partial charge in [0.05, 0.1) is 20.3 Å². The number of carbonyl (C=O) groups excluding carboxylic acids is 1. The van der Waals surface area contributed by atoms with Crippen LogP contribution in [0.3, 0.4) is 0 Å². The predicted molar refractivity (Wildman–Crippen MR) is 93.7 cm³/mol. The van der Waals surface area contributed by atoms with E-state index in [-0.39, 0.29) is 17.8 Å². The maximum absolute atomic E-state index is 13.3. The average molecular weight is 342 g/mol. The highest BCUT2D eigenvalue weighted by atomic mass is 19.1. The Morgan fingerprint density at radius 3 is 2.64 bits per heavy atom. The fourth-order valence-corrected chi connectivity index (χ4v) is 2.76. The van der Waals surface area contributed by atoms with Crippen LogP contribution in [-0.2, 0) is 0 Å². The van der Waals surface area contributed by atoms with Crippen LogP contribution in [0.5, 0.6) is 11.5 Å². The summed E-state index contributed by atoms with van der Waals surface area (Å²) in [6.45, 7) is 1.86. The molecular weight excluding hydrogens is 323 g/mol.